The molecule has 0 aromatic carbocycles. The van der Waals surface area contributed by atoms with Crippen LogP contribution in [0, 0.1) is 0 Å². The minimum Gasteiger partial charge on any atom is -0.371 e. The fraction of sp³-hybridized carbons (Fsp3) is 0.455. The molecule has 2 rings (SSSR count). The zero-order chi connectivity index (χ0) is 16.8. The third kappa shape index (κ3) is 5.44. The number of aromatic nitrogens is 6. The SMILES string of the molecule is CC(COCc1nc(N)nc(N)n1)OCc1nc(N)nc(N)n1. The van der Waals surface area contributed by atoms with Gasteiger partial charge in [-0.2, -0.15) is 29.9 Å². The van der Waals surface area contributed by atoms with E-state index in [0.29, 0.717) is 18.3 Å². The summed E-state index contributed by atoms with van der Waals surface area (Å²) in [6, 6.07) is 0. The molecule has 1 atom stereocenters. The molecule has 2 aromatic rings. The van der Waals surface area contributed by atoms with Crippen molar-refractivity contribution >= 4 is 23.8 Å². The van der Waals surface area contributed by atoms with Gasteiger partial charge in [0.25, 0.3) is 0 Å². The molecule has 8 N–H and O–H groups in total. The van der Waals surface area contributed by atoms with Crippen molar-refractivity contribution in [2.45, 2.75) is 26.2 Å². The number of nitrogen functional groups attached to an aromatic ring is 4. The van der Waals surface area contributed by atoms with Crippen molar-refractivity contribution in [2.75, 3.05) is 29.5 Å². The van der Waals surface area contributed by atoms with Crippen LogP contribution < -0.4 is 22.9 Å². The van der Waals surface area contributed by atoms with E-state index in [1.165, 1.54) is 0 Å². The summed E-state index contributed by atoms with van der Waals surface area (Å²) in [6.07, 6.45) is -0.231. The van der Waals surface area contributed by atoms with Gasteiger partial charge in [0.15, 0.2) is 11.6 Å². The van der Waals surface area contributed by atoms with Crippen LogP contribution in [0.5, 0.6) is 0 Å². The summed E-state index contributed by atoms with van der Waals surface area (Å²) in [5, 5.41) is 0. The minimum atomic E-state index is -0.231. The van der Waals surface area contributed by atoms with Crippen LogP contribution in [0.25, 0.3) is 0 Å². The Morgan fingerprint density at radius 2 is 1.17 bits per heavy atom. The maximum Gasteiger partial charge on any atom is 0.225 e. The molecule has 0 aliphatic heterocycles. The Labute approximate surface area is 131 Å². The maximum absolute atomic E-state index is 5.53. The van der Waals surface area contributed by atoms with Gasteiger partial charge in [0.05, 0.1) is 12.7 Å². The Hall–Kier alpha value is -2.86. The van der Waals surface area contributed by atoms with Crippen LogP contribution in [0.3, 0.4) is 0 Å². The zero-order valence-corrected chi connectivity index (χ0v) is 12.5. The molecule has 2 heterocycles. The van der Waals surface area contributed by atoms with Gasteiger partial charge in [-0.3, -0.25) is 0 Å². The maximum atomic E-state index is 5.53. The van der Waals surface area contributed by atoms with Crippen molar-refractivity contribution in [2.24, 2.45) is 0 Å². The molecule has 0 amide bonds. The summed E-state index contributed by atoms with van der Waals surface area (Å²) in [5.41, 5.74) is 21.9. The van der Waals surface area contributed by atoms with E-state index in [0.717, 1.165) is 0 Å². The summed E-state index contributed by atoms with van der Waals surface area (Å²) < 4.78 is 11.0. The first-order chi connectivity index (χ1) is 10.9. The lowest BCUT2D eigenvalue weighted by Crippen LogP contribution is -2.18. The van der Waals surface area contributed by atoms with E-state index >= 15 is 0 Å². The quantitative estimate of drug-likeness (QED) is 0.460. The van der Waals surface area contributed by atoms with Gasteiger partial charge >= 0.3 is 0 Å². The van der Waals surface area contributed by atoms with Gasteiger partial charge in [-0.15, -0.1) is 0 Å². The van der Waals surface area contributed by atoms with Crippen molar-refractivity contribution in [3.63, 3.8) is 0 Å². The predicted molar refractivity (Wildman–Crippen MR) is 81.2 cm³/mol. The van der Waals surface area contributed by atoms with E-state index in [9.17, 15) is 0 Å². The first-order valence-electron chi connectivity index (χ1n) is 6.63. The Morgan fingerprint density at radius 3 is 1.65 bits per heavy atom. The van der Waals surface area contributed by atoms with Crippen molar-refractivity contribution in [1.82, 2.24) is 29.9 Å². The van der Waals surface area contributed by atoms with Crippen LogP contribution in [-0.2, 0) is 22.7 Å². The van der Waals surface area contributed by atoms with Crippen LogP contribution in [0.15, 0.2) is 0 Å². The lowest BCUT2D eigenvalue weighted by Gasteiger charge is -2.13. The van der Waals surface area contributed by atoms with Crippen LogP contribution in [-0.4, -0.2) is 42.6 Å². The molecule has 0 aliphatic carbocycles. The first kappa shape index (κ1) is 16.5. The first-order valence-corrected chi connectivity index (χ1v) is 6.63. The summed E-state index contributed by atoms with van der Waals surface area (Å²) in [5.74, 6) is 0.880. The molecule has 12 nitrogen and oxygen atoms in total. The fourth-order valence-electron chi connectivity index (χ4n) is 1.62. The number of rotatable bonds is 7. The second kappa shape index (κ2) is 7.42. The number of hydrogen-bond acceptors (Lipinski definition) is 12. The zero-order valence-electron chi connectivity index (χ0n) is 12.5. The highest BCUT2D eigenvalue weighted by Crippen LogP contribution is 2.04. The van der Waals surface area contributed by atoms with Crippen molar-refractivity contribution in [3.8, 4) is 0 Å². The molecule has 0 fully saturated rings. The van der Waals surface area contributed by atoms with Crippen molar-refractivity contribution in [3.05, 3.63) is 11.6 Å². The van der Waals surface area contributed by atoms with Crippen molar-refractivity contribution in [1.29, 1.82) is 0 Å². The number of hydrogen-bond donors (Lipinski definition) is 4. The van der Waals surface area contributed by atoms with Crippen LogP contribution in [0.1, 0.15) is 18.6 Å². The van der Waals surface area contributed by atoms with E-state index in [1.807, 2.05) is 6.92 Å². The average molecular weight is 322 g/mol. The van der Waals surface area contributed by atoms with Gasteiger partial charge in [0.2, 0.25) is 23.8 Å². The Morgan fingerprint density at radius 1 is 0.739 bits per heavy atom. The van der Waals surface area contributed by atoms with E-state index in [-0.39, 0.29) is 43.1 Å². The molecule has 0 aliphatic rings. The molecular weight excluding hydrogens is 304 g/mol. The van der Waals surface area contributed by atoms with E-state index < -0.39 is 0 Å². The van der Waals surface area contributed by atoms with E-state index in [2.05, 4.69) is 29.9 Å². The lowest BCUT2D eigenvalue weighted by molar-refractivity contribution is -0.0231. The molecule has 0 spiro atoms. The van der Waals surface area contributed by atoms with Gasteiger partial charge in [-0.05, 0) is 6.92 Å². The summed E-state index contributed by atoms with van der Waals surface area (Å²) in [7, 11) is 0. The number of ether oxygens (including phenoxy) is 2. The highest BCUT2D eigenvalue weighted by molar-refractivity contribution is 5.26. The Kier molecular flexibility index (Phi) is 5.32. The highest BCUT2D eigenvalue weighted by Gasteiger charge is 2.08. The third-order valence-electron chi connectivity index (χ3n) is 2.51. The molecule has 1 unspecified atom stereocenters. The monoisotopic (exact) mass is 322 g/mol. The Bertz CT molecular complexity index is 627. The van der Waals surface area contributed by atoms with Gasteiger partial charge in [0.1, 0.15) is 13.2 Å². The summed E-state index contributed by atoms with van der Waals surface area (Å²) in [4.78, 5) is 23.0. The lowest BCUT2D eigenvalue weighted by atomic mass is 10.4. The van der Waals surface area contributed by atoms with Crippen LogP contribution in [0.4, 0.5) is 23.8 Å². The molecule has 2 aromatic heterocycles. The van der Waals surface area contributed by atoms with Crippen molar-refractivity contribution < 1.29 is 9.47 Å². The molecule has 0 bridgehead atoms. The topological polar surface area (TPSA) is 200 Å². The molecule has 23 heavy (non-hydrogen) atoms. The largest absolute Gasteiger partial charge is 0.371 e. The number of nitrogens with two attached hydrogens (primary N) is 4. The standard InChI is InChI=1S/C11H18N10O2/c1-5(23-4-7-18-10(14)21-11(15)19-7)2-22-3-6-16-8(12)20-9(13)17-6/h5H,2-4H2,1H3,(H4,12,13,16,17,20)(H4,14,15,18,19,21). The van der Waals surface area contributed by atoms with Gasteiger partial charge in [0, 0.05) is 0 Å². The van der Waals surface area contributed by atoms with Gasteiger partial charge in [-0.1, -0.05) is 0 Å². The van der Waals surface area contributed by atoms with Gasteiger partial charge in [-0.25, -0.2) is 0 Å². The van der Waals surface area contributed by atoms with Crippen LogP contribution >= 0.6 is 0 Å². The third-order valence-corrected chi connectivity index (χ3v) is 2.51. The number of nitrogens with zero attached hydrogens (tertiary/aromatic N) is 6. The van der Waals surface area contributed by atoms with E-state index in [1.54, 1.807) is 0 Å². The van der Waals surface area contributed by atoms with Crippen LogP contribution in [0.2, 0.25) is 0 Å². The fourth-order valence-corrected chi connectivity index (χ4v) is 1.62. The molecular formula is C11H18N10O2. The second-order valence-corrected chi connectivity index (χ2v) is 4.57. The summed E-state index contributed by atoms with van der Waals surface area (Å²) in [6.45, 7) is 2.38. The van der Waals surface area contributed by atoms with Gasteiger partial charge < -0.3 is 32.4 Å². The molecule has 0 saturated heterocycles. The highest BCUT2D eigenvalue weighted by atomic mass is 16.5. The smallest absolute Gasteiger partial charge is 0.225 e. The molecule has 0 saturated carbocycles. The normalized spacial score (nSPS) is 12.2. The molecule has 0 radical (unpaired) electrons. The molecule has 12 heteroatoms. The average Bonchev–Trinajstić information content (AvgIpc) is 2.43. The predicted octanol–water partition coefficient (Wildman–Crippen LogP) is -1.49. The Balaban J connectivity index is 1.75. The summed E-state index contributed by atoms with van der Waals surface area (Å²) >= 11 is 0. The van der Waals surface area contributed by atoms with E-state index in [4.69, 9.17) is 32.4 Å². The molecule has 124 valence electrons. The minimum absolute atomic E-state index is 0.0463. The number of anilines is 4. The second-order valence-electron chi connectivity index (χ2n) is 4.57.